The molecule has 1 heterocycles. The number of rotatable bonds is 2. The number of amides is 1. The van der Waals surface area contributed by atoms with E-state index in [-0.39, 0.29) is 6.73 Å². The highest BCUT2D eigenvalue weighted by atomic mass is 16.6. The molecule has 0 unspecified atom stereocenters. The Hall–Kier alpha value is -1.52. The zero-order valence-corrected chi connectivity index (χ0v) is 6.15. The maximum absolute atomic E-state index is 10.5. The molecule has 1 N–H and O–H groups in total. The first-order chi connectivity index (χ1) is 5.33. The topological polar surface area (TPSA) is 56.1 Å². The minimum absolute atomic E-state index is 0.194. The molecule has 11 heavy (non-hydrogen) atoms. The molecule has 0 saturated heterocycles. The number of nitrogens with one attached hydrogen (secondary N) is 1. The van der Waals surface area contributed by atoms with Gasteiger partial charge in [0.25, 0.3) is 0 Å². The summed E-state index contributed by atoms with van der Waals surface area (Å²) in [6.45, 7) is 0.194. The second-order valence-electron chi connectivity index (χ2n) is 1.89. The van der Waals surface area contributed by atoms with Crippen molar-refractivity contribution in [3.63, 3.8) is 0 Å². The summed E-state index contributed by atoms with van der Waals surface area (Å²) < 4.78 is 6.36. The Morgan fingerprint density at radius 2 is 2.64 bits per heavy atom. The van der Waals surface area contributed by atoms with Gasteiger partial charge >= 0.3 is 6.09 Å². The Bertz CT molecular complexity index is 220. The fourth-order valence-electron chi connectivity index (χ4n) is 0.568. The zero-order valence-electron chi connectivity index (χ0n) is 6.15. The standard InChI is InChI=1S/C6H9N3O2/c1-7-6(10)11-5-9-3-2-8-4-9/h2-4H,5H2,1H3,(H,7,10). The average Bonchev–Trinajstić information content (AvgIpc) is 2.52. The predicted molar refractivity (Wildman–Crippen MR) is 37.8 cm³/mol. The minimum atomic E-state index is -0.446. The van der Waals surface area contributed by atoms with Gasteiger partial charge in [-0.1, -0.05) is 0 Å². The summed E-state index contributed by atoms with van der Waals surface area (Å²) in [5.74, 6) is 0. The molecule has 1 amide bonds. The van der Waals surface area contributed by atoms with Crippen LogP contribution in [0.25, 0.3) is 0 Å². The second kappa shape index (κ2) is 3.60. The van der Waals surface area contributed by atoms with Crippen LogP contribution in [0, 0.1) is 0 Å². The van der Waals surface area contributed by atoms with E-state index in [1.165, 1.54) is 7.05 Å². The number of imidazole rings is 1. The summed E-state index contributed by atoms with van der Waals surface area (Å²) in [6.07, 6.45) is 4.46. The van der Waals surface area contributed by atoms with Crippen molar-refractivity contribution < 1.29 is 9.53 Å². The van der Waals surface area contributed by atoms with Gasteiger partial charge in [0.2, 0.25) is 0 Å². The molecule has 0 aliphatic rings. The van der Waals surface area contributed by atoms with E-state index in [0.717, 1.165) is 0 Å². The first-order valence-electron chi connectivity index (χ1n) is 3.13. The molecule has 5 heteroatoms. The van der Waals surface area contributed by atoms with E-state index in [9.17, 15) is 4.79 Å². The molecule has 0 aliphatic heterocycles. The molecule has 1 rings (SSSR count). The Morgan fingerprint density at radius 1 is 1.82 bits per heavy atom. The third-order valence-electron chi connectivity index (χ3n) is 1.11. The summed E-state index contributed by atoms with van der Waals surface area (Å²) in [5.41, 5.74) is 0. The number of ether oxygens (including phenoxy) is 1. The van der Waals surface area contributed by atoms with Gasteiger partial charge < -0.3 is 14.6 Å². The number of carbonyl (C=O) groups excluding carboxylic acids is 1. The van der Waals surface area contributed by atoms with E-state index in [1.807, 2.05) is 0 Å². The second-order valence-corrected chi connectivity index (χ2v) is 1.89. The highest BCUT2D eigenvalue weighted by Gasteiger charge is 1.95. The lowest BCUT2D eigenvalue weighted by Gasteiger charge is -2.02. The summed E-state index contributed by atoms with van der Waals surface area (Å²) in [7, 11) is 1.51. The molecule has 1 aromatic heterocycles. The first kappa shape index (κ1) is 7.59. The average molecular weight is 155 g/mol. The first-order valence-corrected chi connectivity index (χ1v) is 3.13. The Labute approximate surface area is 64.0 Å². The molecule has 1 aromatic rings. The van der Waals surface area contributed by atoms with Crippen molar-refractivity contribution in [2.45, 2.75) is 6.73 Å². The van der Waals surface area contributed by atoms with Crippen LogP contribution in [0.1, 0.15) is 0 Å². The number of aromatic nitrogens is 2. The molecule has 60 valence electrons. The molecule has 0 spiro atoms. The van der Waals surface area contributed by atoms with Crippen LogP contribution in [0.2, 0.25) is 0 Å². The van der Waals surface area contributed by atoms with E-state index >= 15 is 0 Å². The van der Waals surface area contributed by atoms with Gasteiger partial charge in [0, 0.05) is 19.4 Å². The Kier molecular flexibility index (Phi) is 2.48. The fraction of sp³-hybridized carbons (Fsp3) is 0.333. The number of alkyl carbamates (subject to hydrolysis) is 1. The number of hydrogen-bond donors (Lipinski definition) is 1. The molecule has 5 nitrogen and oxygen atoms in total. The zero-order chi connectivity index (χ0) is 8.10. The van der Waals surface area contributed by atoms with E-state index in [4.69, 9.17) is 4.74 Å². The van der Waals surface area contributed by atoms with Gasteiger partial charge in [-0.05, 0) is 0 Å². The SMILES string of the molecule is CNC(=O)OCn1ccnc1. The lowest BCUT2D eigenvalue weighted by atomic mass is 10.9. The summed E-state index contributed by atoms with van der Waals surface area (Å²) in [5, 5.41) is 2.33. The molecule has 0 radical (unpaired) electrons. The third kappa shape index (κ3) is 2.29. The van der Waals surface area contributed by atoms with Gasteiger partial charge in [0.15, 0.2) is 6.73 Å². The van der Waals surface area contributed by atoms with Crippen molar-refractivity contribution in [1.29, 1.82) is 0 Å². The third-order valence-corrected chi connectivity index (χ3v) is 1.11. The smallest absolute Gasteiger partial charge is 0.408 e. The van der Waals surface area contributed by atoms with Crippen molar-refractivity contribution in [3.8, 4) is 0 Å². The normalized spacial score (nSPS) is 9.18. The van der Waals surface area contributed by atoms with E-state index in [0.29, 0.717) is 0 Å². The molecule has 0 aromatic carbocycles. The lowest BCUT2D eigenvalue weighted by Crippen LogP contribution is -2.20. The summed E-state index contributed by atoms with van der Waals surface area (Å²) >= 11 is 0. The number of carbonyl (C=O) groups is 1. The summed E-state index contributed by atoms with van der Waals surface area (Å²) in [6, 6.07) is 0. The van der Waals surface area contributed by atoms with Crippen LogP contribution in [0.4, 0.5) is 4.79 Å². The Balaban J connectivity index is 2.29. The Morgan fingerprint density at radius 3 is 3.18 bits per heavy atom. The number of nitrogens with zero attached hydrogens (tertiary/aromatic N) is 2. The van der Waals surface area contributed by atoms with Crippen LogP contribution in [0.3, 0.4) is 0 Å². The van der Waals surface area contributed by atoms with Crippen LogP contribution < -0.4 is 5.32 Å². The van der Waals surface area contributed by atoms with E-state index in [1.54, 1.807) is 23.3 Å². The highest BCUT2D eigenvalue weighted by molar-refractivity contribution is 5.66. The van der Waals surface area contributed by atoms with Crippen LogP contribution in [0.15, 0.2) is 18.7 Å². The molecule has 0 atom stereocenters. The van der Waals surface area contributed by atoms with Crippen molar-refractivity contribution in [3.05, 3.63) is 18.7 Å². The van der Waals surface area contributed by atoms with Crippen molar-refractivity contribution in [2.75, 3.05) is 7.05 Å². The van der Waals surface area contributed by atoms with Crippen molar-refractivity contribution >= 4 is 6.09 Å². The predicted octanol–water partition coefficient (Wildman–Crippen LogP) is 0.197. The summed E-state index contributed by atoms with van der Waals surface area (Å²) in [4.78, 5) is 14.3. The molecule has 0 aliphatic carbocycles. The maximum Gasteiger partial charge on any atom is 0.408 e. The minimum Gasteiger partial charge on any atom is -0.428 e. The van der Waals surface area contributed by atoms with Gasteiger partial charge in [-0.3, -0.25) is 0 Å². The van der Waals surface area contributed by atoms with Crippen LogP contribution in [-0.4, -0.2) is 22.7 Å². The number of hydrogen-bond acceptors (Lipinski definition) is 3. The van der Waals surface area contributed by atoms with Crippen molar-refractivity contribution in [2.24, 2.45) is 0 Å². The van der Waals surface area contributed by atoms with Gasteiger partial charge in [-0.25, -0.2) is 9.78 Å². The van der Waals surface area contributed by atoms with E-state index in [2.05, 4.69) is 10.3 Å². The molecule has 0 saturated carbocycles. The fourth-order valence-corrected chi connectivity index (χ4v) is 0.568. The van der Waals surface area contributed by atoms with Gasteiger partial charge in [-0.2, -0.15) is 0 Å². The molecular formula is C6H9N3O2. The highest BCUT2D eigenvalue weighted by Crippen LogP contribution is 1.86. The van der Waals surface area contributed by atoms with Gasteiger partial charge in [0.05, 0.1) is 6.33 Å². The largest absolute Gasteiger partial charge is 0.428 e. The van der Waals surface area contributed by atoms with Crippen LogP contribution >= 0.6 is 0 Å². The molecule has 0 fully saturated rings. The van der Waals surface area contributed by atoms with Crippen molar-refractivity contribution in [1.82, 2.24) is 14.9 Å². The van der Waals surface area contributed by atoms with Gasteiger partial charge in [-0.15, -0.1) is 0 Å². The molecule has 0 bridgehead atoms. The monoisotopic (exact) mass is 155 g/mol. The van der Waals surface area contributed by atoms with E-state index < -0.39 is 6.09 Å². The van der Waals surface area contributed by atoms with Gasteiger partial charge in [0.1, 0.15) is 0 Å². The molecular weight excluding hydrogens is 146 g/mol. The van der Waals surface area contributed by atoms with Crippen LogP contribution in [-0.2, 0) is 11.5 Å². The quantitative estimate of drug-likeness (QED) is 0.663. The maximum atomic E-state index is 10.5. The van der Waals surface area contributed by atoms with Crippen LogP contribution in [0.5, 0.6) is 0 Å². The lowest BCUT2D eigenvalue weighted by molar-refractivity contribution is 0.116.